The molecule has 90 valence electrons. The van der Waals surface area contributed by atoms with Gasteiger partial charge in [0.05, 0.1) is 0 Å². The normalized spacial score (nSPS) is 11.8. The molecule has 0 saturated heterocycles. The molecule has 0 bridgehead atoms. The first kappa shape index (κ1) is 13.3. The highest BCUT2D eigenvalue weighted by atomic mass is 35.5. The molecule has 0 atom stereocenters. The Morgan fingerprint density at radius 3 is 2.62 bits per heavy atom. The van der Waals surface area contributed by atoms with Gasteiger partial charge in [0, 0.05) is 29.3 Å². The Balaban J connectivity index is 2.68. The highest BCUT2D eigenvalue weighted by Crippen LogP contribution is 2.25. The van der Waals surface area contributed by atoms with E-state index in [1.54, 1.807) is 18.2 Å². The molecule has 0 aliphatic carbocycles. The zero-order valence-corrected chi connectivity index (χ0v) is 10.4. The summed E-state index contributed by atoms with van der Waals surface area (Å²) in [5.74, 6) is 0.194. The van der Waals surface area contributed by atoms with Gasteiger partial charge in [-0.25, -0.2) is 0 Å². The van der Waals surface area contributed by atoms with Gasteiger partial charge in [-0.15, -0.1) is 0 Å². The van der Waals surface area contributed by atoms with E-state index in [0.717, 1.165) is 0 Å². The maximum atomic E-state index is 9.64. The second kappa shape index (κ2) is 5.53. The second-order valence-electron chi connectivity index (χ2n) is 4.45. The number of aliphatic hydroxyl groups excluding tert-OH is 1. The lowest BCUT2D eigenvalue weighted by molar-refractivity contribution is 0.229. The van der Waals surface area contributed by atoms with Gasteiger partial charge < -0.3 is 15.5 Å². The van der Waals surface area contributed by atoms with Gasteiger partial charge in [0.15, 0.2) is 0 Å². The average Bonchev–Trinajstić information content (AvgIpc) is 2.16. The van der Waals surface area contributed by atoms with E-state index >= 15 is 0 Å². The number of hydrogen-bond acceptors (Lipinski definition) is 3. The van der Waals surface area contributed by atoms with Crippen LogP contribution in [0, 0.1) is 0 Å². The minimum absolute atomic E-state index is 0.133. The standard InChI is InChI=1S/C12H18ClNO2/c1-12(2,6-7-15)14-8-9-10(13)4-3-5-11(9)16/h3-5,14-16H,6-8H2,1-2H3. The second-order valence-corrected chi connectivity index (χ2v) is 4.86. The zero-order valence-electron chi connectivity index (χ0n) is 9.63. The predicted molar refractivity (Wildman–Crippen MR) is 65.7 cm³/mol. The van der Waals surface area contributed by atoms with Crippen molar-refractivity contribution in [3.05, 3.63) is 28.8 Å². The number of phenolic OH excluding ortho intramolecular Hbond substituents is 1. The summed E-state index contributed by atoms with van der Waals surface area (Å²) in [6.45, 7) is 4.61. The van der Waals surface area contributed by atoms with Crippen LogP contribution in [0.15, 0.2) is 18.2 Å². The van der Waals surface area contributed by atoms with E-state index in [4.69, 9.17) is 16.7 Å². The molecule has 0 amide bonds. The maximum Gasteiger partial charge on any atom is 0.121 e. The van der Waals surface area contributed by atoms with E-state index in [9.17, 15) is 5.11 Å². The van der Waals surface area contributed by atoms with Crippen molar-refractivity contribution in [1.29, 1.82) is 0 Å². The van der Waals surface area contributed by atoms with Gasteiger partial charge in [-0.3, -0.25) is 0 Å². The summed E-state index contributed by atoms with van der Waals surface area (Å²) in [5, 5.41) is 22.3. The van der Waals surface area contributed by atoms with Gasteiger partial charge in [0.1, 0.15) is 5.75 Å². The molecule has 3 nitrogen and oxygen atoms in total. The van der Waals surface area contributed by atoms with E-state index in [1.807, 2.05) is 13.8 Å². The van der Waals surface area contributed by atoms with Gasteiger partial charge in [-0.05, 0) is 32.4 Å². The first-order valence-corrected chi connectivity index (χ1v) is 5.66. The lowest BCUT2D eigenvalue weighted by atomic mass is 10.0. The van der Waals surface area contributed by atoms with Crippen LogP contribution >= 0.6 is 11.6 Å². The van der Waals surface area contributed by atoms with Gasteiger partial charge in [0.2, 0.25) is 0 Å². The van der Waals surface area contributed by atoms with Crippen molar-refractivity contribution in [2.24, 2.45) is 0 Å². The van der Waals surface area contributed by atoms with E-state index in [0.29, 0.717) is 23.6 Å². The van der Waals surface area contributed by atoms with Gasteiger partial charge in [0.25, 0.3) is 0 Å². The largest absolute Gasteiger partial charge is 0.508 e. The fourth-order valence-corrected chi connectivity index (χ4v) is 1.65. The van der Waals surface area contributed by atoms with Crippen molar-refractivity contribution >= 4 is 11.6 Å². The van der Waals surface area contributed by atoms with Crippen molar-refractivity contribution < 1.29 is 10.2 Å². The van der Waals surface area contributed by atoms with Crippen LogP contribution in [-0.2, 0) is 6.54 Å². The Kier molecular flexibility index (Phi) is 4.59. The van der Waals surface area contributed by atoms with E-state index in [1.165, 1.54) is 0 Å². The quantitative estimate of drug-likeness (QED) is 0.744. The van der Waals surface area contributed by atoms with Crippen LogP contribution in [0.1, 0.15) is 25.8 Å². The van der Waals surface area contributed by atoms with Crippen LogP contribution in [0.25, 0.3) is 0 Å². The molecular weight excluding hydrogens is 226 g/mol. The summed E-state index contributed by atoms with van der Waals surface area (Å²) in [6.07, 6.45) is 0.651. The summed E-state index contributed by atoms with van der Waals surface area (Å²) in [6, 6.07) is 5.07. The predicted octanol–water partition coefficient (Wildman–Crippen LogP) is 2.30. The molecular formula is C12H18ClNO2. The zero-order chi connectivity index (χ0) is 12.2. The topological polar surface area (TPSA) is 52.5 Å². The number of hydrogen-bond donors (Lipinski definition) is 3. The third kappa shape index (κ3) is 3.67. The van der Waals surface area contributed by atoms with Crippen LogP contribution < -0.4 is 5.32 Å². The van der Waals surface area contributed by atoms with Gasteiger partial charge in [-0.1, -0.05) is 17.7 Å². The van der Waals surface area contributed by atoms with Crippen LogP contribution in [0.3, 0.4) is 0 Å². The highest BCUT2D eigenvalue weighted by molar-refractivity contribution is 6.31. The van der Waals surface area contributed by atoms with Crippen LogP contribution in [0.5, 0.6) is 5.75 Å². The monoisotopic (exact) mass is 243 g/mol. The number of aliphatic hydroxyl groups is 1. The van der Waals surface area contributed by atoms with Crippen molar-refractivity contribution in [3.8, 4) is 5.75 Å². The smallest absolute Gasteiger partial charge is 0.121 e. The number of aromatic hydroxyl groups is 1. The minimum Gasteiger partial charge on any atom is -0.508 e. The molecule has 1 aromatic rings. The molecule has 0 fully saturated rings. The Labute approximate surface area is 101 Å². The number of phenols is 1. The Hall–Kier alpha value is -0.770. The first-order chi connectivity index (χ1) is 7.46. The lowest BCUT2D eigenvalue weighted by Crippen LogP contribution is -2.39. The summed E-state index contributed by atoms with van der Waals surface area (Å²) < 4.78 is 0. The molecule has 0 heterocycles. The molecule has 0 aliphatic heterocycles. The number of benzene rings is 1. The molecule has 0 aliphatic rings. The molecule has 16 heavy (non-hydrogen) atoms. The molecule has 0 spiro atoms. The van der Waals surface area contributed by atoms with Gasteiger partial charge in [-0.2, -0.15) is 0 Å². The van der Waals surface area contributed by atoms with Crippen LogP contribution in [0.2, 0.25) is 5.02 Å². The molecule has 3 N–H and O–H groups in total. The molecule has 0 unspecified atom stereocenters. The molecule has 1 aromatic carbocycles. The number of nitrogens with one attached hydrogen (secondary N) is 1. The lowest BCUT2D eigenvalue weighted by Gasteiger charge is -2.26. The summed E-state index contributed by atoms with van der Waals surface area (Å²) in [7, 11) is 0. The number of rotatable bonds is 5. The highest BCUT2D eigenvalue weighted by Gasteiger charge is 2.17. The van der Waals surface area contributed by atoms with E-state index in [-0.39, 0.29) is 17.9 Å². The summed E-state index contributed by atoms with van der Waals surface area (Å²) in [5.41, 5.74) is 0.510. The van der Waals surface area contributed by atoms with Crippen molar-refractivity contribution in [1.82, 2.24) is 5.32 Å². The molecule has 0 aromatic heterocycles. The van der Waals surface area contributed by atoms with Crippen molar-refractivity contribution in [2.75, 3.05) is 6.61 Å². The van der Waals surface area contributed by atoms with Crippen LogP contribution in [-0.4, -0.2) is 22.4 Å². The van der Waals surface area contributed by atoms with Crippen molar-refractivity contribution in [3.63, 3.8) is 0 Å². The van der Waals surface area contributed by atoms with E-state index < -0.39 is 0 Å². The fraction of sp³-hybridized carbons (Fsp3) is 0.500. The average molecular weight is 244 g/mol. The van der Waals surface area contributed by atoms with E-state index in [2.05, 4.69) is 5.32 Å². The van der Waals surface area contributed by atoms with Crippen LogP contribution in [0.4, 0.5) is 0 Å². The molecule has 1 rings (SSSR count). The Bertz CT molecular complexity index is 333. The number of halogens is 1. The Morgan fingerprint density at radius 1 is 1.38 bits per heavy atom. The van der Waals surface area contributed by atoms with Gasteiger partial charge >= 0.3 is 0 Å². The molecule has 4 heteroatoms. The summed E-state index contributed by atoms with van der Waals surface area (Å²) in [4.78, 5) is 0. The fourth-order valence-electron chi connectivity index (χ4n) is 1.42. The first-order valence-electron chi connectivity index (χ1n) is 5.28. The summed E-state index contributed by atoms with van der Waals surface area (Å²) >= 11 is 5.99. The SMILES string of the molecule is CC(C)(CCO)NCc1c(O)cccc1Cl. The third-order valence-corrected chi connectivity index (χ3v) is 2.93. The molecule has 0 radical (unpaired) electrons. The molecule has 0 saturated carbocycles. The maximum absolute atomic E-state index is 9.64. The third-order valence-electron chi connectivity index (χ3n) is 2.57. The Morgan fingerprint density at radius 2 is 2.06 bits per heavy atom. The van der Waals surface area contributed by atoms with Crippen molar-refractivity contribution in [2.45, 2.75) is 32.4 Å². The minimum atomic E-state index is -0.180.